The second-order valence-corrected chi connectivity index (χ2v) is 9.11. The van der Waals surface area contributed by atoms with E-state index in [4.69, 9.17) is 14.5 Å². The van der Waals surface area contributed by atoms with E-state index in [2.05, 4.69) is 0 Å². The molecule has 2 aromatic carbocycles. The van der Waals surface area contributed by atoms with Gasteiger partial charge in [0.05, 0.1) is 19.1 Å². The molecule has 5 nitrogen and oxygen atoms in total. The van der Waals surface area contributed by atoms with Crippen molar-refractivity contribution in [2.45, 2.75) is 38.6 Å². The van der Waals surface area contributed by atoms with Gasteiger partial charge in [0.25, 0.3) is 5.56 Å². The predicted molar refractivity (Wildman–Crippen MR) is 129 cm³/mol. The summed E-state index contributed by atoms with van der Waals surface area (Å²) in [4.78, 5) is 20.9. The van der Waals surface area contributed by atoms with E-state index >= 15 is 0 Å². The molecular weight excluding hydrogens is 420 g/mol. The SMILES string of the molecule is COc1ccc(OCCCn2c(-c3ccccc3)nc3sc4c(c3c2=O)CCCC4)cc1. The van der Waals surface area contributed by atoms with Crippen LogP contribution in [0, 0.1) is 0 Å². The third-order valence-electron chi connectivity index (χ3n) is 5.96. The minimum Gasteiger partial charge on any atom is -0.497 e. The van der Waals surface area contributed by atoms with E-state index in [9.17, 15) is 4.79 Å². The summed E-state index contributed by atoms with van der Waals surface area (Å²) < 4.78 is 12.9. The third kappa shape index (κ3) is 4.02. The van der Waals surface area contributed by atoms with Crippen LogP contribution in [0.2, 0.25) is 0 Å². The van der Waals surface area contributed by atoms with Gasteiger partial charge in [-0.05, 0) is 61.9 Å². The summed E-state index contributed by atoms with van der Waals surface area (Å²) in [6.45, 7) is 1.08. The maximum absolute atomic E-state index is 13.7. The van der Waals surface area contributed by atoms with Crippen molar-refractivity contribution in [3.05, 3.63) is 75.4 Å². The highest BCUT2D eigenvalue weighted by Gasteiger charge is 2.22. The Morgan fingerprint density at radius 2 is 1.75 bits per heavy atom. The molecule has 0 fully saturated rings. The summed E-state index contributed by atoms with van der Waals surface area (Å²) >= 11 is 1.70. The fraction of sp³-hybridized carbons (Fsp3) is 0.308. The monoisotopic (exact) mass is 446 g/mol. The average Bonchev–Trinajstić information content (AvgIpc) is 3.22. The molecule has 164 valence electrons. The van der Waals surface area contributed by atoms with Gasteiger partial charge in [-0.1, -0.05) is 30.3 Å². The van der Waals surface area contributed by atoms with Gasteiger partial charge in [0, 0.05) is 17.0 Å². The van der Waals surface area contributed by atoms with E-state index in [1.807, 2.05) is 59.2 Å². The van der Waals surface area contributed by atoms with Gasteiger partial charge in [-0.25, -0.2) is 4.98 Å². The van der Waals surface area contributed by atoms with Gasteiger partial charge in [0.1, 0.15) is 22.2 Å². The number of thiophene rings is 1. The second kappa shape index (κ2) is 9.17. The molecule has 0 atom stereocenters. The molecule has 1 aliphatic rings. The second-order valence-electron chi connectivity index (χ2n) is 8.03. The first-order valence-electron chi connectivity index (χ1n) is 11.1. The summed E-state index contributed by atoms with van der Waals surface area (Å²) in [7, 11) is 1.65. The van der Waals surface area contributed by atoms with Gasteiger partial charge < -0.3 is 9.47 Å². The number of hydrogen-bond donors (Lipinski definition) is 0. The van der Waals surface area contributed by atoms with Gasteiger partial charge in [-0.15, -0.1) is 11.3 Å². The number of methoxy groups -OCH3 is 1. The molecule has 1 aliphatic carbocycles. The largest absolute Gasteiger partial charge is 0.497 e. The highest BCUT2D eigenvalue weighted by Crippen LogP contribution is 2.34. The lowest BCUT2D eigenvalue weighted by atomic mass is 9.97. The number of ether oxygens (including phenoxy) is 2. The highest BCUT2D eigenvalue weighted by molar-refractivity contribution is 7.18. The summed E-state index contributed by atoms with van der Waals surface area (Å²) in [6, 6.07) is 17.5. The molecule has 0 aliphatic heterocycles. The molecule has 0 spiro atoms. The van der Waals surface area contributed by atoms with Crippen LogP contribution in [0.1, 0.15) is 29.7 Å². The zero-order valence-corrected chi connectivity index (χ0v) is 19.0. The Bertz CT molecular complexity index is 1280. The summed E-state index contributed by atoms with van der Waals surface area (Å²) in [6.07, 6.45) is 5.10. The molecule has 2 heterocycles. The molecule has 0 amide bonds. The van der Waals surface area contributed by atoms with Crippen molar-refractivity contribution < 1.29 is 9.47 Å². The average molecular weight is 447 g/mol. The van der Waals surface area contributed by atoms with Crippen LogP contribution in [0.5, 0.6) is 11.5 Å². The van der Waals surface area contributed by atoms with Gasteiger partial charge in [-0.2, -0.15) is 0 Å². The Balaban J connectivity index is 1.44. The van der Waals surface area contributed by atoms with Crippen LogP contribution in [0.4, 0.5) is 0 Å². The molecular formula is C26H26N2O3S. The zero-order valence-electron chi connectivity index (χ0n) is 18.2. The smallest absolute Gasteiger partial charge is 0.262 e. The lowest BCUT2D eigenvalue weighted by Gasteiger charge is -2.14. The van der Waals surface area contributed by atoms with E-state index in [0.29, 0.717) is 19.6 Å². The van der Waals surface area contributed by atoms with Crippen molar-refractivity contribution in [2.24, 2.45) is 0 Å². The first kappa shape index (κ1) is 20.8. The summed E-state index contributed by atoms with van der Waals surface area (Å²) in [5, 5.41) is 0.834. The molecule has 0 saturated carbocycles. The number of nitrogens with zero attached hydrogens (tertiary/aromatic N) is 2. The highest BCUT2D eigenvalue weighted by atomic mass is 32.1. The molecule has 0 unspecified atom stereocenters. The number of fused-ring (bicyclic) bond motifs is 3. The molecule has 5 rings (SSSR count). The van der Waals surface area contributed by atoms with E-state index in [-0.39, 0.29) is 5.56 Å². The topological polar surface area (TPSA) is 53.4 Å². The van der Waals surface area contributed by atoms with Crippen LogP contribution >= 0.6 is 11.3 Å². The van der Waals surface area contributed by atoms with Crippen molar-refractivity contribution in [2.75, 3.05) is 13.7 Å². The molecule has 0 saturated heterocycles. The minimum atomic E-state index is 0.0812. The summed E-state index contributed by atoms with van der Waals surface area (Å²) in [5.41, 5.74) is 2.28. The Morgan fingerprint density at radius 3 is 2.53 bits per heavy atom. The maximum atomic E-state index is 13.7. The molecule has 2 aromatic heterocycles. The Labute approximate surface area is 191 Å². The van der Waals surface area contributed by atoms with Crippen LogP contribution in [-0.2, 0) is 19.4 Å². The van der Waals surface area contributed by atoms with Crippen LogP contribution in [0.25, 0.3) is 21.6 Å². The van der Waals surface area contributed by atoms with E-state index < -0.39 is 0 Å². The van der Waals surface area contributed by atoms with Crippen LogP contribution < -0.4 is 15.0 Å². The predicted octanol–water partition coefficient (Wildman–Crippen LogP) is 5.48. The molecule has 4 aromatic rings. The molecule has 0 bridgehead atoms. The first-order valence-corrected chi connectivity index (χ1v) is 11.9. The van der Waals surface area contributed by atoms with Crippen molar-refractivity contribution in [3.63, 3.8) is 0 Å². The normalized spacial score (nSPS) is 13.2. The van der Waals surface area contributed by atoms with Crippen molar-refractivity contribution in [1.29, 1.82) is 0 Å². The minimum absolute atomic E-state index is 0.0812. The van der Waals surface area contributed by atoms with E-state index in [0.717, 1.165) is 52.4 Å². The number of aromatic nitrogens is 2. The van der Waals surface area contributed by atoms with E-state index in [1.165, 1.54) is 16.9 Å². The standard InChI is InChI=1S/C26H26N2O3S/c1-30-19-12-14-20(15-13-19)31-17-7-16-28-24(18-8-3-2-4-9-18)27-25-23(26(28)29)21-10-5-6-11-22(21)32-25/h2-4,8-9,12-15H,5-7,10-11,16-17H2,1H3. The fourth-order valence-electron chi connectivity index (χ4n) is 4.34. The number of aryl methyl sites for hydroxylation is 2. The number of rotatable bonds is 7. The number of hydrogen-bond acceptors (Lipinski definition) is 5. The molecule has 32 heavy (non-hydrogen) atoms. The Morgan fingerprint density at radius 1 is 1.00 bits per heavy atom. The number of benzene rings is 2. The lowest BCUT2D eigenvalue weighted by molar-refractivity contribution is 0.300. The Kier molecular flexibility index (Phi) is 5.95. The van der Waals surface area contributed by atoms with Crippen molar-refractivity contribution in [3.8, 4) is 22.9 Å². The molecule has 0 N–H and O–H groups in total. The fourth-order valence-corrected chi connectivity index (χ4v) is 5.59. The van der Waals surface area contributed by atoms with Gasteiger partial charge in [-0.3, -0.25) is 9.36 Å². The summed E-state index contributed by atoms with van der Waals surface area (Å²) in [5.74, 6) is 2.34. The van der Waals surface area contributed by atoms with Crippen molar-refractivity contribution in [1.82, 2.24) is 9.55 Å². The Hall–Kier alpha value is -3.12. The van der Waals surface area contributed by atoms with E-state index in [1.54, 1.807) is 18.4 Å². The van der Waals surface area contributed by atoms with Crippen LogP contribution in [0.3, 0.4) is 0 Å². The van der Waals surface area contributed by atoms with Gasteiger partial charge >= 0.3 is 0 Å². The molecule has 0 radical (unpaired) electrons. The molecule has 6 heteroatoms. The van der Waals surface area contributed by atoms with Gasteiger partial charge in [0.15, 0.2) is 0 Å². The first-order chi connectivity index (χ1) is 15.7. The van der Waals surface area contributed by atoms with Gasteiger partial charge in [0.2, 0.25) is 0 Å². The van der Waals surface area contributed by atoms with Crippen LogP contribution in [-0.4, -0.2) is 23.3 Å². The lowest BCUT2D eigenvalue weighted by Crippen LogP contribution is -2.25. The maximum Gasteiger partial charge on any atom is 0.262 e. The third-order valence-corrected chi connectivity index (χ3v) is 7.15. The van der Waals surface area contributed by atoms with Crippen molar-refractivity contribution >= 4 is 21.6 Å². The quantitative estimate of drug-likeness (QED) is 0.353. The zero-order chi connectivity index (χ0) is 21.9. The van der Waals surface area contributed by atoms with Crippen LogP contribution in [0.15, 0.2) is 59.4 Å².